The van der Waals surface area contributed by atoms with Crippen LogP contribution in [0.15, 0.2) is 45.6 Å². The Morgan fingerprint density at radius 2 is 1.58 bits per heavy atom. The zero-order valence-electron chi connectivity index (χ0n) is 23.0. The predicted molar refractivity (Wildman–Crippen MR) is 144 cm³/mol. The van der Waals surface area contributed by atoms with Crippen molar-refractivity contribution in [3.63, 3.8) is 0 Å². The molecule has 9 atom stereocenters. The summed E-state index contributed by atoms with van der Waals surface area (Å²) < 4.78 is 38.4. The van der Waals surface area contributed by atoms with Gasteiger partial charge in [-0.3, -0.25) is 4.79 Å². The van der Waals surface area contributed by atoms with Gasteiger partial charge in [0, 0.05) is 23.8 Å². The maximum Gasteiger partial charge on any atom is 0.229 e. The fraction of sp³-hybridized carbons (Fsp3) is 0.464. The second kappa shape index (κ2) is 12.6. The van der Waals surface area contributed by atoms with E-state index >= 15 is 0 Å². The van der Waals surface area contributed by atoms with Crippen LogP contribution in [0.3, 0.4) is 0 Å². The Morgan fingerprint density at radius 1 is 0.837 bits per heavy atom. The monoisotopic (exact) mass is 608 g/mol. The average molecular weight is 609 g/mol. The van der Waals surface area contributed by atoms with Gasteiger partial charge in [0.15, 0.2) is 23.2 Å². The molecule has 43 heavy (non-hydrogen) atoms. The van der Waals surface area contributed by atoms with Crippen molar-refractivity contribution in [2.24, 2.45) is 0 Å². The van der Waals surface area contributed by atoms with Crippen LogP contribution in [0.5, 0.6) is 23.0 Å². The van der Waals surface area contributed by atoms with E-state index in [0.717, 1.165) is 0 Å². The summed E-state index contributed by atoms with van der Waals surface area (Å²) in [5.41, 5.74) is -0.149. The minimum atomic E-state index is -1.78. The van der Waals surface area contributed by atoms with Crippen molar-refractivity contribution >= 4 is 11.0 Å². The normalized spacial score (nSPS) is 31.1. The number of rotatable bonds is 8. The molecule has 1 aromatic heterocycles. The number of phenolic OH excluding ortho intramolecular Hbond substituents is 1. The summed E-state index contributed by atoms with van der Waals surface area (Å²) in [6, 6.07) is 8.41. The number of methoxy groups -OCH3 is 2. The maximum absolute atomic E-state index is 13.3. The maximum atomic E-state index is 13.3. The molecule has 3 aromatic rings. The molecule has 2 saturated heterocycles. The first kappa shape index (κ1) is 30.9. The van der Waals surface area contributed by atoms with Crippen LogP contribution in [0.25, 0.3) is 22.3 Å². The van der Waals surface area contributed by atoms with Crippen LogP contribution in [-0.2, 0) is 14.2 Å². The molecule has 234 valence electrons. The van der Waals surface area contributed by atoms with Crippen molar-refractivity contribution in [3.05, 3.63) is 46.6 Å². The number of phenols is 1. The van der Waals surface area contributed by atoms with E-state index in [1.807, 2.05) is 0 Å². The van der Waals surface area contributed by atoms with E-state index in [2.05, 4.69) is 0 Å². The largest absolute Gasteiger partial charge is 0.504 e. The Labute approximate surface area is 243 Å². The quantitative estimate of drug-likeness (QED) is 0.160. The summed E-state index contributed by atoms with van der Waals surface area (Å²) in [5, 5.41) is 71.4. The number of hydrogen-bond donors (Lipinski definition) is 7. The number of hydrogen-bond acceptors (Lipinski definition) is 15. The van der Waals surface area contributed by atoms with E-state index in [9.17, 15) is 40.5 Å². The summed E-state index contributed by atoms with van der Waals surface area (Å²) in [5.74, 6) is 0.241. The Kier molecular flexibility index (Phi) is 9.07. The van der Waals surface area contributed by atoms with Crippen LogP contribution in [0.1, 0.15) is 0 Å². The second-order valence-corrected chi connectivity index (χ2v) is 10.1. The van der Waals surface area contributed by atoms with Gasteiger partial charge in [-0.25, -0.2) is 0 Å². The third-order valence-corrected chi connectivity index (χ3v) is 7.26. The molecule has 0 bridgehead atoms. The zero-order chi connectivity index (χ0) is 31.0. The standard InChI is InChI=1S/C28H32O15/c1-37-12-6-18-21(14(30)8-17(41-18)11-3-4-16(38-2)13(29)5-11)19(7-12)42-28-26(36)24(34)23(33)20(43-28)10-40-27-25(35)22(32)15(31)9-39-27/h3-8,15,20,22-29,31-36H,9-10H2,1-2H3/t15-,20-,22-,23-,24+,25+,26+,27-,28-/m1/s1. The number of ether oxygens (including phenoxy) is 6. The van der Waals surface area contributed by atoms with E-state index in [4.69, 9.17) is 32.8 Å². The highest BCUT2D eigenvalue weighted by atomic mass is 16.7. The number of benzene rings is 2. The van der Waals surface area contributed by atoms with Crippen LogP contribution in [0.2, 0.25) is 0 Å². The molecular formula is C28H32O15. The molecule has 5 rings (SSSR count). The van der Waals surface area contributed by atoms with Crippen LogP contribution in [0.4, 0.5) is 0 Å². The van der Waals surface area contributed by atoms with Crippen LogP contribution in [0, 0.1) is 0 Å². The highest BCUT2D eigenvalue weighted by molar-refractivity contribution is 5.86. The average Bonchev–Trinajstić information content (AvgIpc) is 2.99. The van der Waals surface area contributed by atoms with Gasteiger partial charge in [0.05, 0.1) is 27.4 Å². The number of fused-ring (bicyclic) bond motifs is 1. The molecule has 0 spiro atoms. The second-order valence-electron chi connectivity index (χ2n) is 10.1. The van der Waals surface area contributed by atoms with Gasteiger partial charge >= 0.3 is 0 Å². The molecule has 15 heteroatoms. The van der Waals surface area contributed by atoms with Crippen molar-refractivity contribution in [1.82, 2.24) is 0 Å². The van der Waals surface area contributed by atoms with Gasteiger partial charge in [-0.1, -0.05) is 0 Å². The third kappa shape index (κ3) is 6.12. The van der Waals surface area contributed by atoms with Gasteiger partial charge in [0.25, 0.3) is 0 Å². The zero-order valence-corrected chi connectivity index (χ0v) is 23.0. The predicted octanol–water partition coefficient (Wildman–Crippen LogP) is -1.18. The number of aliphatic hydroxyl groups is 6. The van der Waals surface area contributed by atoms with Gasteiger partial charge < -0.3 is 68.6 Å². The number of aromatic hydroxyl groups is 1. The summed E-state index contributed by atoms with van der Waals surface area (Å²) in [6.45, 7) is -0.814. The molecule has 2 aliphatic rings. The Morgan fingerprint density at radius 3 is 2.28 bits per heavy atom. The highest BCUT2D eigenvalue weighted by Crippen LogP contribution is 2.36. The van der Waals surface area contributed by atoms with Crippen molar-refractivity contribution in [2.75, 3.05) is 27.4 Å². The Bertz CT molecular complexity index is 1490. The van der Waals surface area contributed by atoms with Crippen molar-refractivity contribution in [2.45, 2.75) is 55.3 Å². The third-order valence-electron chi connectivity index (χ3n) is 7.26. The topological polar surface area (TPSA) is 227 Å². The highest BCUT2D eigenvalue weighted by Gasteiger charge is 2.46. The summed E-state index contributed by atoms with van der Waals surface area (Å²) in [6.07, 6.45) is -14.0. The molecule has 2 aromatic carbocycles. The van der Waals surface area contributed by atoms with Gasteiger partial charge in [0.2, 0.25) is 6.29 Å². The molecule has 0 saturated carbocycles. The first-order chi connectivity index (χ1) is 20.5. The lowest BCUT2D eigenvalue weighted by molar-refractivity contribution is -0.307. The summed E-state index contributed by atoms with van der Waals surface area (Å²) in [7, 11) is 2.76. The Hall–Kier alpha value is -3.51. The molecule has 2 fully saturated rings. The molecule has 0 amide bonds. The van der Waals surface area contributed by atoms with E-state index in [0.29, 0.717) is 5.56 Å². The van der Waals surface area contributed by atoms with Gasteiger partial charge in [-0.15, -0.1) is 0 Å². The van der Waals surface area contributed by atoms with E-state index < -0.39 is 67.3 Å². The van der Waals surface area contributed by atoms with Gasteiger partial charge in [-0.2, -0.15) is 0 Å². The first-order valence-electron chi connectivity index (χ1n) is 13.2. The first-order valence-corrected chi connectivity index (χ1v) is 13.2. The molecule has 0 unspecified atom stereocenters. The van der Waals surface area contributed by atoms with Crippen LogP contribution in [-0.4, -0.2) is 118 Å². The molecule has 0 aliphatic carbocycles. The lowest BCUT2D eigenvalue weighted by Gasteiger charge is -2.41. The van der Waals surface area contributed by atoms with Gasteiger partial charge in [0.1, 0.15) is 71.0 Å². The van der Waals surface area contributed by atoms with Gasteiger partial charge in [-0.05, 0) is 18.2 Å². The van der Waals surface area contributed by atoms with E-state index in [1.165, 1.54) is 44.6 Å². The van der Waals surface area contributed by atoms with Crippen molar-refractivity contribution in [3.8, 4) is 34.3 Å². The summed E-state index contributed by atoms with van der Waals surface area (Å²) >= 11 is 0. The number of aliphatic hydroxyl groups excluding tert-OH is 6. The minimum absolute atomic E-state index is 0.0297. The molecule has 7 N–H and O–H groups in total. The van der Waals surface area contributed by atoms with E-state index in [-0.39, 0.29) is 46.3 Å². The lowest BCUT2D eigenvalue weighted by Crippen LogP contribution is -2.61. The molecule has 2 aliphatic heterocycles. The SMILES string of the molecule is COc1cc(O[C@@H]2O[C@H](CO[C@H]3OC[C@@H](O)[C@@H](O)[C@@H]3O)[C@@H](O)[C@H](O)[C@@H]2O)c2c(=O)cc(-c3ccc(OC)c(O)c3)oc2c1. The molecular weight excluding hydrogens is 576 g/mol. The fourth-order valence-corrected chi connectivity index (χ4v) is 4.82. The summed E-state index contributed by atoms with van der Waals surface area (Å²) in [4.78, 5) is 13.3. The van der Waals surface area contributed by atoms with Crippen LogP contribution < -0.4 is 19.6 Å². The lowest BCUT2D eigenvalue weighted by atomic mass is 9.99. The smallest absolute Gasteiger partial charge is 0.229 e. The van der Waals surface area contributed by atoms with Crippen molar-refractivity contribution in [1.29, 1.82) is 0 Å². The minimum Gasteiger partial charge on any atom is -0.504 e. The van der Waals surface area contributed by atoms with Crippen molar-refractivity contribution < 1.29 is 68.6 Å². The Balaban J connectivity index is 1.41. The molecule has 3 heterocycles. The fourth-order valence-electron chi connectivity index (χ4n) is 4.82. The molecule has 0 radical (unpaired) electrons. The molecule has 15 nitrogen and oxygen atoms in total. The van der Waals surface area contributed by atoms with E-state index in [1.54, 1.807) is 6.07 Å². The van der Waals surface area contributed by atoms with Crippen LogP contribution >= 0.6 is 0 Å².